The summed E-state index contributed by atoms with van der Waals surface area (Å²) < 4.78 is 41.1. The first-order chi connectivity index (χ1) is 13.7. The van der Waals surface area contributed by atoms with E-state index in [-0.39, 0.29) is 5.41 Å². The molecule has 0 atom stereocenters. The van der Waals surface area contributed by atoms with Gasteiger partial charge in [-0.25, -0.2) is 0 Å². The number of benzene rings is 2. The van der Waals surface area contributed by atoms with Gasteiger partial charge in [0.25, 0.3) is 0 Å². The molecule has 1 fully saturated rings. The van der Waals surface area contributed by atoms with Crippen molar-refractivity contribution in [2.45, 2.75) is 38.8 Å². The second-order valence-corrected chi connectivity index (χ2v) is 8.27. The molecule has 2 aromatic rings. The van der Waals surface area contributed by atoms with E-state index in [0.29, 0.717) is 5.56 Å². The van der Waals surface area contributed by atoms with Crippen molar-refractivity contribution in [3.63, 3.8) is 0 Å². The van der Waals surface area contributed by atoms with Gasteiger partial charge >= 0.3 is 6.36 Å². The fraction of sp³-hybridized carbons (Fsp3) is 0.455. The van der Waals surface area contributed by atoms with Gasteiger partial charge in [0.05, 0.1) is 6.61 Å². The molecule has 156 valence electrons. The van der Waals surface area contributed by atoms with Gasteiger partial charge in [0.15, 0.2) is 0 Å². The Balaban J connectivity index is 1.58. The maximum absolute atomic E-state index is 12.4. The number of nitrogens with one attached hydrogen (secondary N) is 2. The van der Waals surface area contributed by atoms with Crippen LogP contribution in [0.15, 0.2) is 36.4 Å². The third-order valence-electron chi connectivity index (χ3n) is 5.80. The van der Waals surface area contributed by atoms with Crippen molar-refractivity contribution in [1.29, 1.82) is 0 Å². The highest BCUT2D eigenvalue weighted by Gasteiger charge is 2.33. The Kier molecular flexibility index (Phi) is 5.31. The summed E-state index contributed by atoms with van der Waals surface area (Å²) >= 11 is 0. The Morgan fingerprint density at radius 1 is 0.966 bits per heavy atom. The molecule has 2 aliphatic rings. The van der Waals surface area contributed by atoms with Gasteiger partial charge in [-0.3, -0.25) is 9.64 Å². The molecule has 4 nitrogen and oxygen atoms in total. The molecule has 2 aliphatic heterocycles. The molecule has 0 saturated carbocycles. The van der Waals surface area contributed by atoms with E-state index >= 15 is 0 Å². The molecule has 0 radical (unpaired) electrons. The number of halogens is 3. The van der Waals surface area contributed by atoms with Gasteiger partial charge in [-0.1, -0.05) is 38.1 Å². The van der Waals surface area contributed by atoms with E-state index in [0.717, 1.165) is 49.7 Å². The zero-order valence-corrected chi connectivity index (χ0v) is 16.7. The second kappa shape index (κ2) is 7.63. The molecule has 29 heavy (non-hydrogen) atoms. The molecule has 2 aromatic carbocycles. The lowest BCUT2D eigenvalue weighted by molar-refractivity contribution is -0.330. The topological polar surface area (TPSA) is 36.5 Å². The Morgan fingerprint density at radius 2 is 1.69 bits per heavy atom. The van der Waals surface area contributed by atoms with E-state index in [2.05, 4.69) is 52.3 Å². The minimum absolute atomic E-state index is 0.251. The number of ether oxygens (including phenoxy) is 1. The Bertz CT molecular complexity index is 889. The SMILES string of the molecule is CC1(C)c2ccc(COC(F)(F)F)cc2Nc2ccc(CN3CCNCC3)cc21. The van der Waals surface area contributed by atoms with Crippen molar-refractivity contribution in [3.8, 4) is 0 Å². The highest BCUT2D eigenvalue weighted by Crippen LogP contribution is 2.46. The highest BCUT2D eigenvalue weighted by atomic mass is 19.4. The first kappa shape index (κ1) is 20.2. The second-order valence-electron chi connectivity index (χ2n) is 8.27. The zero-order chi connectivity index (χ0) is 20.6. The minimum atomic E-state index is -4.63. The maximum Gasteiger partial charge on any atom is 0.522 e. The molecule has 4 rings (SSSR count). The highest BCUT2D eigenvalue weighted by molar-refractivity contribution is 5.76. The third kappa shape index (κ3) is 4.42. The Hall–Kier alpha value is -2.09. The summed E-state index contributed by atoms with van der Waals surface area (Å²) in [6.45, 7) is 8.88. The van der Waals surface area contributed by atoms with Crippen LogP contribution in [0.4, 0.5) is 24.5 Å². The van der Waals surface area contributed by atoms with Crippen LogP contribution in [0.3, 0.4) is 0 Å². The smallest absolute Gasteiger partial charge is 0.355 e. The van der Waals surface area contributed by atoms with Crippen LogP contribution in [-0.4, -0.2) is 37.4 Å². The number of hydrogen-bond donors (Lipinski definition) is 2. The predicted octanol–water partition coefficient (Wildman–Crippen LogP) is 4.51. The van der Waals surface area contributed by atoms with Crippen molar-refractivity contribution in [2.75, 3.05) is 31.5 Å². The average molecular weight is 405 g/mol. The lowest BCUT2D eigenvalue weighted by Gasteiger charge is -2.36. The van der Waals surface area contributed by atoms with Gasteiger partial charge in [0.1, 0.15) is 0 Å². The third-order valence-corrected chi connectivity index (χ3v) is 5.80. The van der Waals surface area contributed by atoms with Gasteiger partial charge in [-0.15, -0.1) is 13.2 Å². The molecule has 1 saturated heterocycles. The first-order valence-electron chi connectivity index (χ1n) is 9.90. The predicted molar refractivity (Wildman–Crippen MR) is 107 cm³/mol. The summed E-state index contributed by atoms with van der Waals surface area (Å²) in [6.07, 6.45) is -4.63. The fourth-order valence-corrected chi connectivity index (χ4v) is 4.23. The minimum Gasteiger partial charge on any atom is -0.355 e. The summed E-state index contributed by atoms with van der Waals surface area (Å²) in [6, 6.07) is 11.8. The van der Waals surface area contributed by atoms with Gasteiger partial charge < -0.3 is 10.6 Å². The van der Waals surface area contributed by atoms with Crippen LogP contribution in [0.1, 0.15) is 36.1 Å². The van der Waals surface area contributed by atoms with E-state index in [1.807, 2.05) is 6.07 Å². The number of nitrogens with zero attached hydrogens (tertiary/aromatic N) is 1. The molecule has 0 unspecified atom stereocenters. The van der Waals surface area contributed by atoms with Crippen molar-refractivity contribution in [2.24, 2.45) is 0 Å². The zero-order valence-electron chi connectivity index (χ0n) is 16.7. The van der Waals surface area contributed by atoms with Crippen molar-refractivity contribution < 1.29 is 17.9 Å². The van der Waals surface area contributed by atoms with Gasteiger partial charge in [0, 0.05) is 49.5 Å². The van der Waals surface area contributed by atoms with E-state index in [9.17, 15) is 13.2 Å². The molecule has 0 spiro atoms. The van der Waals surface area contributed by atoms with Crippen LogP contribution in [0.5, 0.6) is 0 Å². The largest absolute Gasteiger partial charge is 0.522 e. The molecule has 0 aromatic heterocycles. The van der Waals surface area contributed by atoms with Crippen LogP contribution >= 0.6 is 0 Å². The van der Waals surface area contributed by atoms with Crippen molar-refractivity contribution >= 4 is 11.4 Å². The lowest BCUT2D eigenvalue weighted by atomic mass is 9.73. The first-order valence-corrected chi connectivity index (χ1v) is 9.90. The molecule has 0 aliphatic carbocycles. The summed E-state index contributed by atoms with van der Waals surface area (Å²) in [5.41, 5.74) is 5.62. The van der Waals surface area contributed by atoms with Crippen LogP contribution < -0.4 is 10.6 Å². The van der Waals surface area contributed by atoms with Gasteiger partial charge in [0.2, 0.25) is 0 Å². The van der Waals surface area contributed by atoms with E-state index in [1.165, 1.54) is 11.1 Å². The lowest BCUT2D eigenvalue weighted by Crippen LogP contribution is -2.42. The van der Waals surface area contributed by atoms with Crippen LogP contribution in [0.2, 0.25) is 0 Å². The fourth-order valence-electron chi connectivity index (χ4n) is 4.23. The average Bonchev–Trinajstić information content (AvgIpc) is 2.67. The quantitative estimate of drug-likeness (QED) is 0.785. The molecule has 0 bridgehead atoms. The van der Waals surface area contributed by atoms with E-state index in [1.54, 1.807) is 12.1 Å². The summed E-state index contributed by atoms with van der Waals surface area (Å²) in [4.78, 5) is 2.45. The molecule has 7 heteroatoms. The van der Waals surface area contributed by atoms with Crippen molar-refractivity contribution in [3.05, 3.63) is 58.7 Å². The van der Waals surface area contributed by atoms with E-state index < -0.39 is 13.0 Å². The van der Waals surface area contributed by atoms with Crippen LogP contribution in [0, 0.1) is 0 Å². The molecule has 0 amide bonds. The summed E-state index contributed by atoms with van der Waals surface area (Å²) in [7, 11) is 0. The number of piperazine rings is 1. The van der Waals surface area contributed by atoms with Crippen LogP contribution in [0.25, 0.3) is 0 Å². The summed E-state index contributed by atoms with van der Waals surface area (Å²) in [5, 5.41) is 6.78. The molecule has 2 N–H and O–H groups in total. The molecular formula is C22H26F3N3O. The number of alkyl halides is 3. The van der Waals surface area contributed by atoms with Crippen molar-refractivity contribution in [1.82, 2.24) is 10.2 Å². The Morgan fingerprint density at radius 3 is 2.41 bits per heavy atom. The summed E-state index contributed by atoms with van der Waals surface area (Å²) in [5.74, 6) is 0. The number of anilines is 2. The van der Waals surface area contributed by atoms with E-state index in [4.69, 9.17) is 0 Å². The maximum atomic E-state index is 12.4. The standard InChI is InChI=1S/C22H26F3N3O/c1-21(2)17-5-3-16(14-29-22(23,24)25)12-20(17)27-19-6-4-15(11-18(19)21)13-28-9-7-26-8-10-28/h3-6,11-12,26-27H,7-10,13-14H2,1-2H3. The van der Waals surface area contributed by atoms with Gasteiger partial charge in [-0.2, -0.15) is 0 Å². The molecule has 2 heterocycles. The monoisotopic (exact) mass is 405 g/mol. The van der Waals surface area contributed by atoms with Gasteiger partial charge in [-0.05, 0) is 34.4 Å². The normalized spacial score (nSPS) is 18.7. The van der Waals surface area contributed by atoms with Crippen LogP contribution in [-0.2, 0) is 23.3 Å². The molecular weight excluding hydrogens is 379 g/mol. The number of hydrogen-bond acceptors (Lipinski definition) is 4. The number of rotatable bonds is 4. The Labute approximate surface area is 169 Å². The number of fused-ring (bicyclic) bond motifs is 2.